The van der Waals surface area contributed by atoms with Gasteiger partial charge in [-0.3, -0.25) is 4.18 Å². The Morgan fingerprint density at radius 3 is 2.47 bits per heavy atom. The number of hydrogen-bond donors (Lipinski definition) is 0. The summed E-state index contributed by atoms with van der Waals surface area (Å²) in [6, 6.07) is 12.0. The van der Waals surface area contributed by atoms with Crippen LogP contribution in [0.3, 0.4) is 0 Å². The Morgan fingerprint density at radius 1 is 1.00 bits per heavy atom. The molecule has 3 aromatic carbocycles. The van der Waals surface area contributed by atoms with Crippen LogP contribution in [0.1, 0.15) is 5.56 Å². The van der Waals surface area contributed by atoms with Crippen molar-refractivity contribution in [3.63, 3.8) is 0 Å². The van der Waals surface area contributed by atoms with Crippen molar-refractivity contribution in [3.8, 4) is 22.6 Å². The highest BCUT2D eigenvalue weighted by atomic mass is 35.5. The second-order valence-electron chi connectivity index (χ2n) is 6.62. The summed E-state index contributed by atoms with van der Waals surface area (Å²) in [5, 5.41) is 0.213. The molecule has 0 aliphatic carbocycles. The van der Waals surface area contributed by atoms with Gasteiger partial charge in [0.15, 0.2) is 11.5 Å². The Bertz CT molecular complexity index is 1210. The molecule has 4 rings (SSSR count). The van der Waals surface area contributed by atoms with E-state index in [9.17, 15) is 17.2 Å². The number of rotatable bonds is 5. The summed E-state index contributed by atoms with van der Waals surface area (Å²) in [5.74, 6) is -1.03. The molecule has 0 fully saturated rings. The van der Waals surface area contributed by atoms with Gasteiger partial charge in [-0.15, -0.1) is 0 Å². The maximum atomic E-state index is 14.3. The van der Waals surface area contributed by atoms with Crippen molar-refractivity contribution in [2.75, 3.05) is 6.61 Å². The van der Waals surface area contributed by atoms with Gasteiger partial charge >= 0.3 is 0 Å². The van der Waals surface area contributed by atoms with Gasteiger partial charge in [-0.05, 0) is 43.3 Å². The van der Waals surface area contributed by atoms with Crippen LogP contribution in [0.15, 0.2) is 59.5 Å². The van der Waals surface area contributed by atoms with E-state index in [0.717, 1.165) is 23.8 Å². The molecule has 30 heavy (non-hydrogen) atoms. The first-order valence-corrected chi connectivity index (χ1v) is 10.6. The quantitative estimate of drug-likeness (QED) is 0.504. The SMILES string of the molecule is Cc1ccc(S(=O)(=O)OCC2Oc3cc(Cl)cc(-c4cc(F)ccc4F)c3O2)cc1. The fourth-order valence-electron chi connectivity index (χ4n) is 2.96. The van der Waals surface area contributed by atoms with Gasteiger partial charge < -0.3 is 9.47 Å². The predicted octanol–water partition coefficient (Wildman–Crippen LogP) is 5.10. The summed E-state index contributed by atoms with van der Waals surface area (Å²) in [6.45, 7) is 1.38. The minimum absolute atomic E-state index is 0.00539. The smallest absolute Gasteiger partial charge is 0.297 e. The van der Waals surface area contributed by atoms with Crippen molar-refractivity contribution in [1.82, 2.24) is 0 Å². The average molecular weight is 453 g/mol. The van der Waals surface area contributed by atoms with Crippen molar-refractivity contribution in [1.29, 1.82) is 0 Å². The Hall–Kier alpha value is -2.68. The van der Waals surface area contributed by atoms with Gasteiger partial charge in [-0.2, -0.15) is 8.42 Å². The van der Waals surface area contributed by atoms with Gasteiger partial charge in [0.2, 0.25) is 0 Å². The van der Waals surface area contributed by atoms with Crippen molar-refractivity contribution in [2.45, 2.75) is 18.1 Å². The lowest BCUT2D eigenvalue weighted by molar-refractivity contribution is 0.00992. The number of aryl methyl sites for hydroxylation is 1. The minimum Gasteiger partial charge on any atom is -0.448 e. The molecule has 0 saturated heterocycles. The zero-order valence-electron chi connectivity index (χ0n) is 15.6. The summed E-state index contributed by atoms with van der Waals surface area (Å²) in [5.41, 5.74) is 1.02. The molecule has 0 amide bonds. The summed E-state index contributed by atoms with van der Waals surface area (Å²) < 4.78 is 68.8. The van der Waals surface area contributed by atoms with Crippen LogP contribution in [0, 0.1) is 18.6 Å². The molecule has 1 aliphatic rings. The standard InChI is InChI=1S/C21H15ClF2O5S/c1-12-2-5-15(6-3-12)30(25,26)27-11-20-28-19-9-13(22)8-17(21(19)29-20)16-10-14(23)4-7-18(16)24/h2-10,20H,11H2,1H3. The number of benzene rings is 3. The van der Waals surface area contributed by atoms with Crippen LogP contribution in [-0.4, -0.2) is 21.3 Å². The Labute approximate surface area is 176 Å². The Morgan fingerprint density at radius 2 is 1.73 bits per heavy atom. The van der Waals surface area contributed by atoms with Gasteiger partial charge in [-0.1, -0.05) is 29.3 Å². The van der Waals surface area contributed by atoms with E-state index in [1.165, 1.54) is 24.3 Å². The maximum absolute atomic E-state index is 14.3. The topological polar surface area (TPSA) is 61.8 Å². The van der Waals surface area contributed by atoms with Crippen LogP contribution in [0.25, 0.3) is 11.1 Å². The van der Waals surface area contributed by atoms with E-state index < -0.39 is 34.6 Å². The maximum Gasteiger partial charge on any atom is 0.297 e. The van der Waals surface area contributed by atoms with Crippen molar-refractivity contribution < 1.29 is 30.9 Å². The van der Waals surface area contributed by atoms with Crippen LogP contribution >= 0.6 is 11.6 Å². The van der Waals surface area contributed by atoms with Crippen LogP contribution in [0.2, 0.25) is 5.02 Å². The van der Waals surface area contributed by atoms with Crippen molar-refractivity contribution in [2.24, 2.45) is 0 Å². The zero-order chi connectivity index (χ0) is 21.5. The van der Waals surface area contributed by atoms with E-state index in [1.54, 1.807) is 12.1 Å². The largest absolute Gasteiger partial charge is 0.448 e. The molecule has 0 N–H and O–H groups in total. The summed E-state index contributed by atoms with van der Waals surface area (Å²) in [6.07, 6.45) is -1.12. The molecule has 156 valence electrons. The lowest BCUT2D eigenvalue weighted by Gasteiger charge is -2.12. The van der Waals surface area contributed by atoms with Crippen LogP contribution in [0.4, 0.5) is 8.78 Å². The number of halogens is 3. The van der Waals surface area contributed by atoms with Gasteiger partial charge in [0.1, 0.15) is 18.2 Å². The summed E-state index contributed by atoms with van der Waals surface area (Å²) in [7, 11) is -4.03. The normalized spacial score (nSPS) is 15.4. The van der Waals surface area contributed by atoms with Crippen LogP contribution in [0.5, 0.6) is 11.5 Å². The molecule has 9 heteroatoms. The first-order chi connectivity index (χ1) is 14.2. The monoisotopic (exact) mass is 452 g/mol. The fourth-order valence-corrected chi connectivity index (χ4v) is 4.07. The second kappa shape index (κ2) is 7.86. The molecule has 0 aromatic heterocycles. The first kappa shape index (κ1) is 20.6. The zero-order valence-corrected chi connectivity index (χ0v) is 17.1. The van der Waals surface area contributed by atoms with Crippen molar-refractivity contribution >= 4 is 21.7 Å². The molecule has 1 heterocycles. The summed E-state index contributed by atoms with van der Waals surface area (Å²) >= 11 is 6.08. The third-order valence-electron chi connectivity index (χ3n) is 4.41. The molecule has 1 atom stereocenters. The number of fused-ring (bicyclic) bond motifs is 1. The molecule has 5 nitrogen and oxygen atoms in total. The molecule has 0 radical (unpaired) electrons. The van der Waals surface area contributed by atoms with E-state index in [-0.39, 0.29) is 32.5 Å². The predicted molar refractivity (Wildman–Crippen MR) is 106 cm³/mol. The van der Waals surface area contributed by atoms with E-state index in [1.807, 2.05) is 6.92 Å². The molecular formula is C21H15ClF2O5S. The van der Waals surface area contributed by atoms with Crippen LogP contribution in [-0.2, 0) is 14.3 Å². The third-order valence-corrected chi connectivity index (χ3v) is 5.93. The molecule has 0 saturated carbocycles. The number of hydrogen-bond acceptors (Lipinski definition) is 5. The lowest BCUT2D eigenvalue weighted by Crippen LogP contribution is -2.26. The van der Waals surface area contributed by atoms with Gasteiger partial charge in [0.25, 0.3) is 16.4 Å². The first-order valence-electron chi connectivity index (χ1n) is 8.81. The average Bonchev–Trinajstić information content (AvgIpc) is 3.11. The van der Waals surface area contributed by atoms with Gasteiger partial charge in [0.05, 0.1) is 4.90 Å². The van der Waals surface area contributed by atoms with Gasteiger partial charge in [-0.25, -0.2) is 8.78 Å². The number of ether oxygens (including phenoxy) is 2. The van der Waals surface area contributed by atoms with Crippen LogP contribution < -0.4 is 9.47 Å². The molecule has 1 aliphatic heterocycles. The third kappa shape index (κ3) is 4.12. The Balaban J connectivity index is 1.56. The van der Waals surface area contributed by atoms with E-state index in [0.29, 0.717) is 0 Å². The molecular weight excluding hydrogens is 438 g/mol. The summed E-state index contributed by atoms with van der Waals surface area (Å²) in [4.78, 5) is -0.00539. The highest BCUT2D eigenvalue weighted by Crippen LogP contribution is 2.46. The van der Waals surface area contributed by atoms with E-state index >= 15 is 0 Å². The highest BCUT2D eigenvalue weighted by Gasteiger charge is 2.31. The molecule has 1 unspecified atom stereocenters. The van der Waals surface area contributed by atoms with Gasteiger partial charge in [0, 0.05) is 22.2 Å². The van der Waals surface area contributed by atoms with E-state index in [2.05, 4.69) is 0 Å². The second-order valence-corrected chi connectivity index (χ2v) is 8.67. The highest BCUT2D eigenvalue weighted by molar-refractivity contribution is 7.86. The van der Waals surface area contributed by atoms with E-state index in [4.69, 9.17) is 25.3 Å². The molecule has 0 spiro atoms. The lowest BCUT2D eigenvalue weighted by atomic mass is 10.0. The minimum atomic E-state index is -4.03. The Kier molecular flexibility index (Phi) is 5.40. The molecule has 0 bridgehead atoms. The fraction of sp³-hybridized carbons (Fsp3) is 0.143. The molecule has 3 aromatic rings. The van der Waals surface area contributed by atoms with Crippen molar-refractivity contribution in [3.05, 3.63) is 76.8 Å².